The van der Waals surface area contributed by atoms with Crippen LogP contribution in [-0.4, -0.2) is 22.2 Å². The summed E-state index contributed by atoms with van der Waals surface area (Å²) < 4.78 is 121. The van der Waals surface area contributed by atoms with Gasteiger partial charge in [-0.25, -0.2) is 4.98 Å². The molecule has 0 fully saturated rings. The van der Waals surface area contributed by atoms with E-state index in [9.17, 15) is 49.9 Å². The van der Waals surface area contributed by atoms with Crippen LogP contribution in [0.25, 0.3) is 0 Å². The lowest BCUT2D eigenvalue weighted by Gasteiger charge is -2.25. The average molecular weight is 473 g/mol. The van der Waals surface area contributed by atoms with Gasteiger partial charge in [-0.2, -0.15) is 44.8 Å². The first kappa shape index (κ1) is 25.3. The van der Waals surface area contributed by atoms with E-state index in [4.69, 9.17) is 4.74 Å². The molecule has 1 aromatic carbocycles. The molecule has 3 unspecified atom stereocenters. The Hall–Kier alpha value is -2.92. The molecule has 0 amide bonds. The fourth-order valence-electron chi connectivity index (χ4n) is 2.74. The molecule has 174 valence electrons. The SMILES string of the molecule is COC(c1cnc(C(F)(F)F)cn1)C(C#N)C(O)c1cc(C(F)(F)F)cc(C(F)(F)F)c1. The molecule has 0 aliphatic rings. The van der Waals surface area contributed by atoms with Crippen molar-refractivity contribution in [2.45, 2.75) is 30.7 Å². The van der Waals surface area contributed by atoms with Crippen LogP contribution in [0.4, 0.5) is 39.5 Å². The number of alkyl halides is 9. The number of nitriles is 1. The lowest BCUT2D eigenvalue weighted by molar-refractivity contribution is -0.143. The summed E-state index contributed by atoms with van der Waals surface area (Å²) in [7, 11) is 0.953. The van der Waals surface area contributed by atoms with Gasteiger partial charge in [0.25, 0.3) is 0 Å². The van der Waals surface area contributed by atoms with Gasteiger partial charge in [0.1, 0.15) is 12.0 Å². The van der Waals surface area contributed by atoms with Crippen molar-refractivity contribution in [1.82, 2.24) is 9.97 Å². The quantitative estimate of drug-likeness (QED) is 0.612. The molecule has 0 saturated carbocycles. The first-order chi connectivity index (χ1) is 14.6. The van der Waals surface area contributed by atoms with E-state index >= 15 is 0 Å². The van der Waals surface area contributed by atoms with Crippen molar-refractivity contribution in [3.8, 4) is 6.07 Å². The Morgan fingerprint density at radius 1 is 0.875 bits per heavy atom. The predicted molar refractivity (Wildman–Crippen MR) is 87.3 cm³/mol. The molecule has 0 bridgehead atoms. The lowest BCUT2D eigenvalue weighted by atomic mass is 9.88. The van der Waals surface area contributed by atoms with E-state index in [1.54, 1.807) is 0 Å². The first-order valence-corrected chi connectivity index (χ1v) is 8.38. The highest BCUT2D eigenvalue weighted by Crippen LogP contribution is 2.40. The summed E-state index contributed by atoms with van der Waals surface area (Å²) in [5.74, 6) is -1.85. The molecule has 2 rings (SSSR count). The Kier molecular flexibility index (Phi) is 7.05. The highest BCUT2D eigenvalue weighted by atomic mass is 19.4. The number of rotatable bonds is 5. The van der Waals surface area contributed by atoms with Crippen LogP contribution < -0.4 is 0 Å². The van der Waals surface area contributed by atoms with Crippen LogP contribution in [0.15, 0.2) is 30.6 Å². The molecule has 0 saturated heterocycles. The number of nitrogens with zero attached hydrogens (tertiary/aromatic N) is 3. The van der Waals surface area contributed by atoms with Crippen molar-refractivity contribution in [2.24, 2.45) is 5.92 Å². The van der Waals surface area contributed by atoms with E-state index in [1.165, 1.54) is 6.07 Å². The van der Waals surface area contributed by atoms with Gasteiger partial charge in [-0.05, 0) is 23.8 Å². The molecule has 14 heteroatoms. The average Bonchev–Trinajstić information content (AvgIpc) is 2.69. The van der Waals surface area contributed by atoms with Gasteiger partial charge in [0, 0.05) is 7.11 Å². The molecule has 0 radical (unpaired) electrons. The van der Waals surface area contributed by atoms with E-state index in [1.807, 2.05) is 0 Å². The molecular formula is C18H12F9N3O2. The van der Waals surface area contributed by atoms with E-state index in [0.29, 0.717) is 12.4 Å². The fraction of sp³-hybridized carbons (Fsp3) is 0.389. The summed E-state index contributed by atoms with van der Waals surface area (Å²) in [6.45, 7) is 0. The summed E-state index contributed by atoms with van der Waals surface area (Å²) in [6.07, 6.45) is -18.2. The van der Waals surface area contributed by atoms with Crippen molar-refractivity contribution in [3.05, 3.63) is 58.7 Å². The number of halogens is 9. The zero-order chi connectivity index (χ0) is 24.5. The first-order valence-electron chi connectivity index (χ1n) is 8.38. The Balaban J connectivity index is 2.51. The normalized spacial score (nSPS) is 15.7. The largest absolute Gasteiger partial charge is 0.434 e. The number of hydrogen-bond donors (Lipinski definition) is 1. The maximum atomic E-state index is 13.1. The molecule has 0 aliphatic carbocycles. The van der Waals surface area contributed by atoms with Gasteiger partial charge in [0.05, 0.1) is 41.4 Å². The second-order valence-corrected chi connectivity index (χ2v) is 6.42. The zero-order valence-corrected chi connectivity index (χ0v) is 15.7. The summed E-state index contributed by atoms with van der Waals surface area (Å²) in [5, 5.41) is 19.8. The van der Waals surface area contributed by atoms with Crippen molar-refractivity contribution < 1.29 is 49.4 Å². The summed E-state index contributed by atoms with van der Waals surface area (Å²) in [5.41, 5.74) is -6.14. The van der Waals surface area contributed by atoms with Gasteiger partial charge in [0.2, 0.25) is 0 Å². The van der Waals surface area contributed by atoms with Crippen molar-refractivity contribution in [1.29, 1.82) is 5.26 Å². The third-order valence-corrected chi connectivity index (χ3v) is 4.27. The molecule has 0 aliphatic heterocycles. The van der Waals surface area contributed by atoms with Gasteiger partial charge in [-0.3, -0.25) is 4.98 Å². The number of benzene rings is 1. The van der Waals surface area contributed by atoms with Gasteiger partial charge < -0.3 is 9.84 Å². The summed E-state index contributed by atoms with van der Waals surface area (Å²) in [4.78, 5) is 6.55. The number of methoxy groups -OCH3 is 1. The molecular weight excluding hydrogens is 461 g/mol. The van der Waals surface area contributed by atoms with Gasteiger partial charge in [-0.15, -0.1) is 0 Å². The van der Waals surface area contributed by atoms with Crippen LogP contribution >= 0.6 is 0 Å². The van der Waals surface area contributed by atoms with Crippen LogP contribution in [-0.2, 0) is 23.3 Å². The lowest BCUT2D eigenvalue weighted by Crippen LogP contribution is -2.23. The van der Waals surface area contributed by atoms with Crippen LogP contribution in [0, 0.1) is 17.2 Å². The van der Waals surface area contributed by atoms with Crippen LogP contribution in [0.5, 0.6) is 0 Å². The summed E-state index contributed by atoms with van der Waals surface area (Å²) in [6, 6.07) is 1.79. The monoisotopic (exact) mass is 473 g/mol. The molecule has 2 aromatic rings. The van der Waals surface area contributed by atoms with Crippen molar-refractivity contribution in [3.63, 3.8) is 0 Å². The van der Waals surface area contributed by atoms with E-state index in [-0.39, 0.29) is 18.2 Å². The number of hydrogen-bond acceptors (Lipinski definition) is 5. The number of aliphatic hydroxyl groups excluding tert-OH is 1. The van der Waals surface area contributed by atoms with Gasteiger partial charge >= 0.3 is 18.5 Å². The predicted octanol–water partition coefficient (Wildman–Crippen LogP) is 5.09. The van der Waals surface area contributed by atoms with Gasteiger partial charge in [0.15, 0.2) is 5.69 Å². The third-order valence-electron chi connectivity index (χ3n) is 4.27. The minimum Gasteiger partial charge on any atom is -0.387 e. The molecule has 32 heavy (non-hydrogen) atoms. The number of aromatic nitrogens is 2. The van der Waals surface area contributed by atoms with E-state index < -0.39 is 64.7 Å². The highest BCUT2D eigenvalue weighted by Gasteiger charge is 2.40. The Labute approximate surface area is 174 Å². The topological polar surface area (TPSA) is 79.0 Å². The van der Waals surface area contributed by atoms with Crippen LogP contribution in [0.1, 0.15) is 40.3 Å². The Bertz CT molecular complexity index is 947. The van der Waals surface area contributed by atoms with Gasteiger partial charge in [-0.1, -0.05) is 0 Å². The van der Waals surface area contributed by atoms with E-state index in [0.717, 1.165) is 7.11 Å². The standard InChI is InChI=1S/C18H12F9N3O2/c1-32-15(12-6-30-13(7-29-12)18(25,26)27)11(5-28)14(31)8-2-9(16(19,20)21)4-10(3-8)17(22,23)24/h2-4,6-7,11,14-15,31H,1H3. The van der Waals surface area contributed by atoms with Crippen molar-refractivity contribution >= 4 is 0 Å². The summed E-state index contributed by atoms with van der Waals surface area (Å²) >= 11 is 0. The van der Waals surface area contributed by atoms with Crippen molar-refractivity contribution in [2.75, 3.05) is 7.11 Å². The maximum Gasteiger partial charge on any atom is 0.434 e. The number of aliphatic hydroxyl groups is 1. The molecule has 5 nitrogen and oxygen atoms in total. The third kappa shape index (κ3) is 5.65. The minimum absolute atomic E-state index is 0.160. The number of ether oxygens (including phenoxy) is 1. The second-order valence-electron chi connectivity index (χ2n) is 6.42. The smallest absolute Gasteiger partial charge is 0.387 e. The Morgan fingerprint density at radius 2 is 1.41 bits per heavy atom. The van der Waals surface area contributed by atoms with Crippen LogP contribution in [0.2, 0.25) is 0 Å². The minimum atomic E-state index is -5.20. The maximum absolute atomic E-state index is 13.1. The highest BCUT2D eigenvalue weighted by molar-refractivity contribution is 5.36. The fourth-order valence-corrected chi connectivity index (χ4v) is 2.74. The van der Waals surface area contributed by atoms with Crippen LogP contribution in [0.3, 0.4) is 0 Å². The molecule has 1 aromatic heterocycles. The zero-order valence-electron chi connectivity index (χ0n) is 15.7. The molecule has 0 spiro atoms. The molecule has 3 atom stereocenters. The molecule has 1 heterocycles. The van der Waals surface area contributed by atoms with E-state index in [2.05, 4.69) is 9.97 Å². The Morgan fingerprint density at radius 3 is 1.75 bits per heavy atom. The molecule has 1 N–H and O–H groups in total. The second kappa shape index (κ2) is 8.91.